The Balaban J connectivity index is 1.86. The number of fused-ring (bicyclic) bond motifs is 7. The van der Waals surface area contributed by atoms with E-state index < -0.39 is 0 Å². The van der Waals surface area contributed by atoms with E-state index in [1.54, 1.807) is 22.3 Å². The Morgan fingerprint density at radius 1 is 0.778 bits per heavy atom. The van der Waals surface area contributed by atoms with Gasteiger partial charge in [-0.3, -0.25) is 0 Å². The summed E-state index contributed by atoms with van der Waals surface area (Å²) in [6.45, 7) is 2.39. The Hall–Kier alpha value is -1.56. The Kier molecular flexibility index (Phi) is 1.41. The average molecular weight is 232 g/mol. The lowest BCUT2D eigenvalue weighted by Crippen LogP contribution is -2.08. The van der Waals surface area contributed by atoms with E-state index in [2.05, 4.69) is 55.5 Å². The largest absolute Gasteiger partial charge is 0.0648 e. The first-order valence-corrected chi connectivity index (χ1v) is 7.07. The van der Waals surface area contributed by atoms with Crippen molar-refractivity contribution in [1.82, 2.24) is 0 Å². The van der Waals surface area contributed by atoms with Crippen molar-refractivity contribution in [2.24, 2.45) is 5.41 Å². The lowest BCUT2D eigenvalue weighted by atomic mass is 9.83. The summed E-state index contributed by atoms with van der Waals surface area (Å²) in [5.41, 5.74) is 7.07. The summed E-state index contributed by atoms with van der Waals surface area (Å²) in [5.74, 6) is 2.32. The fourth-order valence-electron chi connectivity index (χ4n) is 5.26. The predicted molar refractivity (Wildman–Crippen MR) is 72.9 cm³/mol. The first kappa shape index (κ1) is 9.38. The Bertz CT molecular complexity index is 614. The third-order valence-electron chi connectivity index (χ3n) is 5.82. The summed E-state index contributed by atoms with van der Waals surface area (Å²) in [5, 5.41) is 0. The summed E-state index contributed by atoms with van der Waals surface area (Å²) < 4.78 is 0. The van der Waals surface area contributed by atoms with Crippen molar-refractivity contribution < 1.29 is 0 Å². The normalized spacial score (nSPS) is 37.1. The van der Waals surface area contributed by atoms with Gasteiger partial charge in [-0.15, -0.1) is 0 Å². The highest BCUT2D eigenvalue weighted by Gasteiger charge is 2.76. The quantitative estimate of drug-likeness (QED) is 0.682. The zero-order valence-corrected chi connectivity index (χ0v) is 10.6. The minimum Gasteiger partial charge on any atom is -0.0648 e. The van der Waals surface area contributed by atoms with Gasteiger partial charge in [-0.25, -0.2) is 0 Å². The SMILES string of the molecule is CCC12C3c4ccccc4C1C2c1ccccc13. The van der Waals surface area contributed by atoms with Crippen LogP contribution in [0.5, 0.6) is 0 Å². The highest BCUT2D eigenvalue weighted by Crippen LogP contribution is 2.87. The van der Waals surface area contributed by atoms with Gasteiger partial charge in [0, 0.05) is 5.92 Å². The number of hydrogen-bond acceptors (Lipinski definition) is 0. The van der Waals surface area contributed by atoms with Crippen LogP contribution in [0.4, 0.5) is 0 Å². The average Bonchev–Trinajstić information content (AvgIpc) is 2.93. The Labute approximate surface area is 108 Å². The maximum absolute atomic E-state index is 2.39. The van der Waals surface area contributed by atoms with Crippen LogP contribution in [0.15, 0.2) is 48.5 Å². The van der Waals surface area contributed by atoms with E-state index in [4.69, 9.17) is 0 Å². The van der Waals surface area contributed by atoms with Gasteiger partial charge in [0.05, 0.1) is 0 Å². The highest BCUT2D eigenvalue weighted by molar-refractivity contribution is 5.67. The molecular weight excluding hydrogens is 216 g/mol. The third kappa shape index (κ3) is 0.738. The second kappa shape index (κ2) is 2.71. The van der Waals surface area contributed by atoms with E-state index in [1.807, 2.05) is 0 Å². The van der Waals surface area contributed by atoms with Crippen LogP contribution in [-0.4, -0.2) is 0 Å². The molecule has 2 aromatic carbocycles. The molecule has 0 bridgehead atoms. The first-order chi connectivity index (χ1) is 8.89. The maximum Gasteiger partial charge on any atom is 0.0163 e. The fraction of sp³-hybridized carbons (Fsp3) is 0.333. The van der Waals surface area contributed by atoms with Gasteiger partial charge in [0.1, 0.15) is 0 Å². The van der Waals surface area contributed by atoms with Crippen LogP contribution in [0.25, 0.3) is 0 Å². The molecule has 0 saturated heterocycles. The third-order valence-corrected chi connectivity index (χ3v) is 5.82. The topological polar surface area (TPSA) is 0 Å². The molecule has 2 aromatic rings. The Morgan fingerprint density at radius 2 is 1.22 bits per heavy atom. The van der Waals surface area contributed by atoms with E-state index in [1.165, 1.54) is 6.42 Å². The number of rotatable bonds is 1. The van der Waals surface area contributed by atoms with Crippen molar-refractivity contribution in [2.45, 2.75) is 31.1 Å². The van der Waals surface area contributed by atoms with E-state index in [-0.39, 0.29) is 0 Å². The van der Waals surface area contributed by atoms with E-state index in [0.717, 1.165) is 11.8 Å². The molecule has 0 nitrogen and oxygen atoms in total. The molecule has 0 amide bonds. The van der Waals surface area contributed by atoms with Gasteiger partial charge in [-0.1, -0.05) is 55.5 Å². The highest BCUT2D eigenvalue weighted by atomic mass is 14.8. The molecule has 2 unspecified atom stereocenters. The van der Waals surface area contributed by atoms with Crippen LogP contribution in [0.3, 0.4) is 0 Å². The van der Waals surface area contributed by atoms with Gasteiger partial charge in [-0.2, -0.15) is 0 Å². The summed E-state index contributed by atoms with van der Waals surface area (Å²) in [6.07, 6.45) is 1.32. The van der Waals surface area contributed by atoms with Crippen LogP contribution >= 0.6 is 0 Å². The molecule has 3 aliphatic rings. The minimum atomic E-state index is 0.549. The molecule has 5 rings (SSSR count). The molecule has 88 valence electrons. The van der Waals surface area contributed by atoms with Gasteiger partial charge in [0.25, 0.3) is 0 Å². The van der Waals surface area contributed by atoms with Crippen LogP contribution in [-0.2, 0) is 0 Å². The smallest absolute Gasteiger partial charge is 0.0163 e. The molecular formula is C18H16. The molecule has 3 aliphatic carbocycles. The number of benzene rings is 2. The molecule has 2 atom stereocenters. The van der Waals surface area contributed by atoms with E-state index >= 15 is 0 Å². The fourth-order valence-corrected chi connectivity index (χ4v) is 5.26. The molecule has 1 saturated carbocycles. The Morgan fingerprint density at radius 3 is 1.67 bits per heavy atom. The summed E-state index contributed by atoms with van der Waals surface area (Å²) in [4.78, 5) is 0. The molecule has 0 aliphatic heterocycles. The maximum atomic E-state index is 2.39. The first-order valence-electron chi connectivity index (χ1n) is 7.07. The zero-order valence-electron chi connectivity index (χ0n) is 10.6. The van der Waals surface area contributed by atoms with Crippen molar-refractivity contribution in [1.29, 1.82) is 0 Å². The van der Waals surface area contributed by atoms with Crippen LogP contribution in [0.1, 0.15) is 53.4 Å². The monoisotopic (exact) mass is 232 g/mol. The lowest BCUT2D eigenvalue weighted by Gasteiger charge is -2.19. The van der Waals surface area contributed by atoms with Gasteiger partial charge in [0.2, 0.25) is 0 Å². The lowest BCUT2D eigenvalue weighted by molar-refractivity contribution is 0.447. The van der Waals surface area contributed by atoms with Crippen LogP contribution in [0, 0.1) is 5.41 Å². The molecule has 0 heteroatoms. The molecule has 0 heterocycles. The zero-order chi connectivity index (χ0) is 11.9. The molecule has 1 fully saturated rings. The van der Waals surface area contributed by atoms with Crippen molar-refractivity contribution in [3.05, 3.63) is 70.8 Å². The molecule has 0 spiro atoms. The van der Waals surface area contributed by atoms with Crippen molar-refractivity contribution in [2.75, 3.05) is 0 Å². The van der Waals surface area contributed by atoms with E-state index in [9.17, 15) is 0 Å². The summed E-state index contributed by atoms with van der Waals surface area (Å²) in [7, 11) is 0. The molecule has 18 heavy (non-hydrogen) atoms. The van der Waals surface area contributed by atoms with Crippen molar-refractivity contribution in [3.63, 3.8) is 0 Å². The number of hydrogen-bond donors (Lipinski definition) is 0. The minimum absolute atomic E-state index is 0.549. The summed E-state index contributed by atoms with van der Waals surface area (Å²) >= 11 is 0. The predicted octanol–water partition coefficient (Wildman–Crippen LogP) is 4.42. The van der Waals surface area contributed by atoms with Crippen LogP contribution < -0.4 is 0 Å². The van der Waals surface area contributed by atoms with Gasteiger partial charge < -0.3 is 0 Å². The van der Waals surface area contributed by atoms with Gasteiger partial charge in [-0.05, 0) is 45.9 Å². The summed E-state index contributed by atoms with van der Waals surface area (Å²) in [6, 6.07) is 18.3. The van der Waals surface area contributed by atoms with Gasteiger partial charge >= 0.3 is 0 Å². The molecule has 0 radical (unpaired) electrons. The standard InChI is InChI=1S/C18H16/c1-2-18-15-11-7-3-5-9-13(11)16(18)17(18)14-10-6-4-8-12(14)15/h3-10,15-17H,2H2,1H3. The van der Waals surface area contributed by atoms with Crippen molar-refractivity contribution >= 4 is 0 Å². The van der Waals surface area contributed by atoms with Crippen LogP contribution in [0.2, 0.25) is 0 Å². The van der Waals surface area contributed by atoms with E-state index in [0.29, 0.717) is 11.3 Å². The van der Waals surface area contributed by atoms with Crippen molar-refractivity contribution in [3.8, 4) is 0 Å². The second-order valence-corrected chi connectivity index (χ2v) is 6.11. The molecule has 0 N–H and O–H groups in total. The second-order valence-electron chi connectivity index (χ2n) is 6.11. The molecule has 0 aromatic heterocycles. The van der Waals surface area contributed by atoms with Gasteiger partial charge in [0.15, 0.2) is 0 Å².